The Bertz CT molecular complexity index is 557. The van der Waals surface area contributed by atoms with Gasteiger partial charge < -0.3 is 20.1 Å². The van der Waals surface area contributed by atoms with Crippen molar-refractivity contribution in [3.8, 4) is 0 Å². The van der Waals surface area contributed by atoms with Gasteiger partial charge in [0.15, 0.2) is 5.82 Å². The van der Waals surface area contributed by atoms with Crippen molar-refractivity contribution in [2.24, 2.45) is 11.7 Å². The number of halogens is 2. The topological polar surface area (TPSA) is 91.7 Å². The Morgan fingerprint density at radius 2 is 1.78 bits per heavy atom. The first-order valence-corrected chi connectivity index (χ1v) is 9.42. The summed E-state index contributed by atoms with van der Waals surface area (Å²) in [5, 5.41) is 3.95. The van der Waals surface area contributed by atoms with Gasteiger partial charge in [0.05, 0.1) is 13.1 Å². The zero-order chi connectivity index (χ0) is 17.6. The summed E-state index contributed by atoms with van der Waals surface area (Å²) in [6.45, 7) is 9.98. The van der Waals surface area contributed by atoms with Gasteiger partial charge in [-0.1, -0.05) is 12.1 Å². The SMILES string of the molecule is CCN1CCN(C(=O)CC2CCN(Cc3noc(CN)n3)CC2)CC1.Cl.Cl. The van der Waals surface area contributed by atoms with Crippen molar-refractivity contribution < 1.29 is 9.32 Å². The number of piperazine rings is 1. The van der Waals surface area contributed by atoms with E-state index in [2.05, 4.69) is 26.9 Å². The normalized spacial score (nSPS) is 19.4. The molecule has 1 aromatic rings. The van der Waals surface area contributed by atoms with Crippen LogP contribution in [0.5, 0.6) is 0 Å². The van der Waals surface area contributed by atoms with Gasteiger partial charge in [-0.05, 0) is 38.4 Å². The van der Waals surface area contributed by atoms with Crippen molar-refractivity contribution in [3.63, 3.8) is 0 Å². The van der Waals surface area contributed by atoms with Crippen LogP contribution in [0.2, 0.25) is 0 Å². The number of likely N-dealkylation sites (N-methyl/N-ethyl adjacent to an activating group) is 1. The third kappa shape index (κ3) is 6.87. The number of carbonyl (C=O) groups excluding carboxylic acids is 1. The molecule has 0 aliphatic carbocycles. The van der Waals surface area contributed by atoms with E-state index in [1.807, 2.05) is 4.90 Å². The molecule has 0 unspecified atom stereocenters. The summed E-state index contributed by atoms with van der Waals surface area (Å²) >= 11 is 0. The summed E-state index contributed by atoms with van der Waals surface area (Å²) in [5.74, 6) is 2.01. The number of hydrogen-bond donors (Lipinski definition) is 1. The molecule has 8 nitrogen and oxygen atoms in total. The van der Waals surface area contributed by atoms with Crippen molar-refractivity contribution in [2.75, 3.05) is 45.8 Å². The number of hydrogen-bond acceptors (Lipinski definition) is 7. The van der Waals surface area contributed by atoms with Gasteiger partial charge in [0.1, 0.15) is 0 Å². The molecule has 0 radical (unpaired) electrons. The summed E-state index contributed by atoms with van der Waals surface area (Å²) in [7, 11) is 0. The largest absolute Gasteiger partial charge is 0.340 e. The van der Waals surface area contributed by atoms with Crippen LogP contribution in [-0.2, 0) is 17.9 Å². The molecule has 2 N–H and O–H groups in total. The zero-order valence-electron chi connectivity index (χ0n) is 16.0. The average molecular weight is 423 g/mol. The number of carbonyl (C=O) groups is 1. The lowest BCUT2D eigenvalue weighted by molar-refractivity contribution is -0.134. The van der Waals surface area contributed by atoms with Crippen LogP contribution in [0.4, 0.5) is 0 Å². The number of aromatic nitrogens is 2. The first-order chi connectivity index (χ1) is 12.2. The minimum Gasteiger partial charge on any atom is -0.340 e. The second-order valence-electron chi connectivity index (χ2n) is 7.05. The van der Waals surface area contributed by atoms with E-state index in [0.717, 1.165) is 58.7 Å². The fraction of sp³-hybridized carbons (Fsp3) is 0.824. The minimum absolute atomic E-state index is 0. The quantitative estimate of drug-likeness (QED) is 0.734. The standard InChI is InChI=1S/C17H30N6O2.2ClH/c1-2-21-7-9-23(10-8-21)17(24)11-14-3-5-22(6-4-14)13-15-19-16(12-18)25-20-15;;/h14H,2-13,18H2,1H3;2*1H. The van der Waals surface area contributed by atoms with E-state index in [1.165, 1.54) is 0 Å². The van der Waals surface area contributed by atoms with Crippen LogP contribution in [-0.4, -0.2) is 76.6 Å². The third-order valence-corrected chi connectivity index (χ3v) is 5.39. The smallest absolute Gasteiger partial charge is 0.240 e. The number of amides is 1. The van der Waals surface area contributed by atoms with Crippen LogP contribution in [0.1, 0.15) is 37.9 Å². The van der Waals surface area contributed by atoms with Gasteiger partial charge in [-0.25, -0.2) is 0 Å². The molecule has 27 heavy (non-hydrogen) atoms. The van der Waals surface area contributed by atoms with E-state index in [0.29, 0.717) is 36.5 Å². The van der Waals surface area contributed by atoms with Crippen molar-refractivity contribution in [1.29, 1.82) is 0 Å². The van der Waals surface area contributed by atoms with Crippen molar-refractivity contribution >= 4 is 30.7 Å². The molecule has 3 rings (SSSR count). The zero-order valence-corrected chi connectivity index (χ0v) is 17.6. The summed E-state index contributed by atoms with van der Waals surface area (Å²) in [5.41, 5.74) is 5.49. The maximum Gasteiger partial charge on any atom is 0.240 e. The molecule has 10 heteroatoms. The fourth-order valence-electron chi connectivity index (χ4n) is 3.68. The van der Waals surface area contributed by atoms with Crippen LogP contribution < -0.4 is 5.73 Å². The molecule has 2 aliphatic heterocycles. The molecule has 0 spiro atoms. The Kier molecular flexibility index (Phi) is 10.5. The van der Waals surface area contributed by atoms with E-state index in [-0.39, 0.29) is 31.4 Å². The lowest BCUT2D eigenvalue weighted by atomic mass is 9.93. The Morgan fingerprint density at radius 3 is 2.33 bits per heavy atom. The fourth-order valence-corrected chi connectivity index (χ4v) is 3.68. The van der Waals surface area contributed by atoms with Crippen LogP contribution in [0.25, 0.3) is 0 Å². The molecule has 2 fully saturated rings. The highest BCUT2D eigenvalue weighted by molar-refractivity contribution is 5.85. The maximum absolute atomic E-state index is 12.5. The Labute approximate surface area is 173 Å². The second kappa shape index (κ2) is 11.8. The first-order valence-electron chi connectivity index (χ1n) is 9.42. The average Bonchev–Trinajstić information content (AvgIpc) is 3.11. The van der Waals surface area contributed by atoms with E-state index in [4.69, 9.17) is 10.3 Å². The Morgan fingerprint density at radius 1 is 1.11 bits per heavy atom. The summed E-state index contributed by atoms with van der Waals surface area (Å²) in [4.78, 5) is 23.5. The molecule has 2 saturated heterocycles. The number of piperidine rings is 1. The predicted octanol–water partition coefficient (Wildman–Crippen LogP) is 1.14. The minimum atomic E-state index is 0. The van der Waals surface area contributed by atoms with Gasteiger partial charge in [-0.2, -0.15) is 4.98 Å². The van der Waals surface area contributed by atoms with Crippen LogP contribution >= 0.6 is 24.8 Å². The molecule has 156 valence electrons. The highest BCUT2D eigenvalue weighted by Crippen LogP contribution is 2.22. The molecule has 3 heterocycles. The summed E-state index contributed by atoms with van der Waals surface area (Å²) in [6.07, 6.45) is 2.81. The Balaban J connectivity index is 0.00000182. The molecular weight excluding hydrogens is 391 g/mol. The number of nitrogens with zero attached hydrogens (tertiary/aromatic N) is 5. The monoisotopic (exact) mass is 422 g/mol. The number of likely N-dealkylation sites (tertiary alicyclic amines) is 1. The van der Waals surface area contributed by atoms with E-state index < -0.39 is 0 Å². The van der Waals surface area contributed by atoms with Crippen molar-refractivity contribution in [2.45, 2.75) is 39.3 Å². The van der Waals surface area contributed by atoms with E-state index in [1.54, 1.807) is 0 Å². The molecule has 1 aromatic heterocycles. The lowest BCUT2D eigenvalue weighted by Gasteiger charge is -2.36. The maximum atomic E-state index is 12.5. The third-order valence-electron chi connectivity index (χ3n) is 5.39. The second-order valence-corrected chi connectivity index (χ2v) is 7.05. The van der Waals surface area contributed by atoms with Gasteiger partial charge in [0.2, 0.25) is 11.8 Å². The molecule has 0 saturated carbocycles. The van der Waals surface area contributed by atoms with Gasteiger partial charge >= 0.3 is 0 Å². The van der Waals surface area contributed by atoms with Crippen molar-refractivity contribution in [1.82, 2.24) is 24.8 Å². The van der Waals surface area contributed by atoms with Crippen LogP contribution in [0.3, 0.4) is 0 Å². The molecule has 2 aliphatic rings. The van der Waals surface area contributed by atoms with Gasteiger partial charge in [0.25, 0.3) is 0 Å². The van der Waals surface area contributed by atoms with Crippen LogP contribution in [0.15, 0.2) is 4.52 Å². The molecule has 0 atom stereocenters. The first kappa shape index (κ1) is 24.1. The molecule has 0 aromatic carbocycles. The summed E-state index contributed by atoms with van der Waals surface area (Å²) < 4.78 is 5.05. The summed E-state index contributed by atoms with van der Waals surface area (Å²) in [6, 6.07) is 0. The highest BCUT2D eigenvalue weighted by Gasteiger charge is 2.26. The van der Waals surface area contributed by atoms with Crippen LogP contribution in [0, 0.1) is 5.92 Å². The van der Waals surface area contributed by atoms with E-state index >= 15 is 0 Å². The highest BCUT2D eigenvalue weighted by atomic mass is 35.5. The Hall–Kier alpha value is -0.930. The predicted molar refractivity (Wildman–Crippen MR) is 108 cm³/mol. The molecule has 0 bridgehead atoms. The van der Waals surface area contributed by atoms with E-state index in [9.17, 15) is 4.79 Å². The van der Waals surface area contributed by atoms with Gasteiger partial charge in [-0.15, -0.1) is 24.8 Å². The molecule has 1 amide bonds. The number of nitrogens with two attached hydrogens (primary N) is 1. The number of rotatable bonds is 6. The van der Waals surface area contributed by atoms with Gasteiger partial charge in [-0.3, -0.25) is 9.69 Å². The van der Waals surface area contributed by atoms with Crippen molar-refractivity contribution in [3.05, 3.63) is 11.7 Å². The van der Waals surface area contributed by atoms with Gasteiger partial charge in [0, 0.05) is 32.6 Å². The molecular formula is C17H32Cl2N6O2. The lowest BCUT2D eigenvalue weighted by Crippen LogP contribution is -2.49.